The summed E-state index contributed by atoms with van der Waals surface area (Å²) in [6, 6.07) is 0.483. The average Bonchev–Trinajstić information content (AvgIpc) is 2.98. The van der Waals surface area contributed by atoms with Gasteiger partial charge >= 0.3 is 0 Å². The highest BCUT2D eigenvalue weighted by Crippen LogP contribution is 2.34. The summed E-state index contributed by atoms with van der Waals surface area (Å²) in [6.07, 6.45) is 13.4. The molecule has 0 saturated carbocycles. The van der Waals surface area contributed by atoms with Crippen molar-refractivity contribution >= 4 is 17.5 Å². The van der Waals surface area contributed by atoms with Gasteiger partial charge in [0.15, 0.2) is 0 Å². The third kappa shape index (κ3) is 5.97. The van der Waals surface area contributed by atoms with Crippen molar-refractivity contribution in [1.29, 1.82) is 0 Å². The van der Waals surface area contributed by atoms with Crippen LogP contribution < -0.4 is 10.6 Å². The van der Waals surface area contributed by atoms with Crippen LogP contribution in [0.4, 0.5) is 0 Å². The van der Waals surface area contributed by atoms with E-state index >= 15 is 0 Å². The minimum Gasteiger partial charge on any atom is -0.353 e. The third-order valence-electron chi connectivity index (χ3n) is 7.72. The minimum absolute atomic E-state index is 0.0199. The van der Waals surface area contributed by atoms with Gasteiger partial charge in [0, 0.05) is 26.1 Å². The monoisotopic (exact) mass is 428 g/mol. The highest BCUT2D eigenvalue weighted by Gasteiger charge is 2.32. The Morgan fingerprint density at radius 1 is 1.00 bits per heavy atom. The van der Waals surface area contributed by atoms with Crippen molar-refractivity contribution in [2.24, 2.45) is 10.9 Å². The van der Waals surface area contributed by atoms with Crippen molar-refractivity contribution in [3.63, 3.8) is 0 Å². The van der Waals surface area contributed by atoms with Crippen LogP contribution in [0.15, 0.2) is 16.1 Å². The average molecular weight is 429 g/mol. The number of aliphatic imine (C=N–C) groups is 1. The molecule has 0 spiro atoms. The number of hydrogen-bond donors (Lipinski definition) is 2. The van der Waals surface area contributed by atoms with Crippen molar-refractivity contribution in [1.82, 2.24) is 15.5 Å². The Hall–Kier alpha value is -1.69. The lowest BCUT2D eigenvalue weighted by Crippen LogP contribution is -2.48. The van der Waals surface area contributed by atoms with Gasteiger partial charge in [0.25, 0.3) is 5.91 Å². The second-order valence-electron chi connectivity index (χ2n) is 10.00. The van der Waals surface area contributed by atoms with Crippen LogP contribution in [0.25, 0.3) is 0 Å². The topological polar surface area (TPSA) is 73.8 Å². The highest BCUT2D eigenvalue weighted by atomic mass is 16.2. The van der Waals surface area contributed by atoms with Gasteiger partial charge in [-0.3, -0.25) is 14.6 Å². The van der Waals surface area contributed by atoms with E-state index in [1.807, 2.05) is 4.90 Å². The number of amides is 2. The van der Waals surface area contributed by atoms with E-state index in [9.17, 15) is 9.59 Å². The first-order valence-electron chi connectivity index (χ1n) is 12.7. The van der Waals surface area contributed by atoms with Crippen LogP contribution >= 0.6 is 0 Å². The van der Waals surface area contributed by atoms with Crippen LogP contribution in [-0.4, -0.2) is 60.7 Å². The van der Waals surface area contributed by atoms with Gasteiger partial charge in [0.05, 0.1) is 6.04 Å². The summed E-state index contributed by atoms with van der Waals surface area (Å²) in [5.74, 6) is 0.977. The number of nitrogens with zero attached hydrogens (tertiary/aromatic N) is 2. The summed E-state index contributed by atoms with van der Waals surface area (Å²) >= 11 is 0. The molecule has 2 fully saturated rings. The number of hydrogen-bond acceptors (Lipinski definition) is 4. The SMILES string of the molecule is CC(=O)NC1CCN(C(=O)C2=NC(CCC3CCNCC3)CCC3=C2CCCC3)CC1. The highest BCUT2D eigenvalue weighted by molar-refractivity contribution is 6.45. The Morgan fingerprint density at radius 3 is 2.48 bits per heavy atom. The molecule has 2 amide bonds. The van der Waals surface area contributed by atoms with E-state index in [-0.39, 0.29) is 23.9 Å². The minimum atomic E-state index is 0.0199. The Bertz CT molecular complexity index is 715. The Kier molecular flexibility index (Phi) is 7.81. The van der Waals surface area contributed by atoms with Gasteiger partial charge in [-0.25, -0.2) is 0 Å². The molecule has 4 aliphatic rings. The summed E-state index contributed by atoms with van der Waals surface area (Å²) in [5.41, 5.74) is 3.58. The normalized spacial score (nSPS) is 26.2. The van der Waals surface area contributed by atoms with Gasteiger partial charge in [-0.1, -0.05) is 5.57 Å². The van der Waals surface area contributed by atoms with Gasteiger partial charge < -0.3 is 15.5 Å². The first-order chi connectivity index (χ1) is 15.1. The van der Waals surface area contributed by atoms with Crippen LogP contribution in [0.3, 0.4) is 0 Å². The van der Waals surface area contributed by atoms with Crippen LogP contribution in [-0.2, 0) is 9.59 Å². The zero-order valence-electron chi connectivity index (χ0n) is 19.3. The molecule has 6 heteroatoms. The molecule has 4 rings (SSSR count). The molecular weight excluding hydrogens is 388 g/mol. The van der Waals surface area contributed by atoms with Crippen molar-refractivity contribution < 1.29 is 9.59 Å². The predicted octanol–water partition coefficient (Wildman–Crippen LogP) is 3.37. The van der Waals surface area contributed by atoms with Gasteiger partial charge in [-0.2, -0.15) is 0 Å². The lowest BCUT2D eigenvalue weighted by molar-refractivity contribution is -0.125. The van der Waals surface area contributed by atoms with Crippen molar-refractivity contribution in [3.05, 3.63) is 11.1 Å². The van der Waals surface area contributed by atoms with E-state index < -0.39 is 0 Å². The number of carbonyl (C=O) groups excluding carboxylic acids is 2. The van der Waals surface area contributed by atoms with Crippen LogP contribution in [0.5, 0.6) is 0 Å². The number of rotatable bonds is 5. The summed E-state index contributed by atoms with van der Waals surface area (Å²) in [6.45, 7) is 5.29. The Labute approximate surface area is 187 Å². The largest absolute Gasteiger partial charge is 0.353 e. The van der Waals surface area contributed by atoms with Gasteiger partial charge in [0.2, 0.25) is 5.91 Å². The lowest BCUT2D eigenvalue weighted by Gasteiger charge is -2.33. The van der Waals surface area contributed by atoms with E-state index in [1.165, 1.54) is 43.3 Å². The molecule has 31 heavy (non-hydrogen) atoms. The third-order valence-corrected chi connectivity index (χ3v) is 7.72. The summed E-state index contributed by atoms with van der Waals surface area (Å²) in [7, 11) is 0. The van der Waals surface area contributed by atoms with Crippen molar-refractivity contribution in [2.45, 2.75) is 96.1 Å². The predicted molar refractivity (Wildman–Crippen MR) is 124 cm³/mol. The maximum Gasteiger partial charge on any atom is 0.272 e. The van der Waals surface area contributed by atoms with E-state index in [0.717, 1.165) is 69.7 Å². The van der Waals surface area contributed by atoms with E-state index in [0.29, 0.717) is 13.1 Å². The van der Waals surface area contributed by atoms with E-state index in [4.69, 9.17) is 4.99 Å². The molecule has 2 N–H and O–H groups in total. The van der Waals surface area contributed by atoms with Crippen LogP contribution in [0.1, 0.15) is 84.0 Å². The molecule has 172 valence electrons. The molecule has 0 radical (unpaired) electrons. The van der Waals surface area contributed by atoms with Crippen LogP contribution in [0.2, 0.25) is 0 Å². The first-order valence-corrected chi connectivity index (χ1v) is 12.7. The fraction of sp³-hybridized carbons (Fsp3) is 0.800. The number of allylic oxidation sites excluding steroid dienone is 1. The fourth-order valence-electron chi connectivity index (χ4n) is 5.85. The number of nitrogens with one attached hydrogen (secondary N) is 2. The second kappa shape index (κ2) is 10.8. The standard InChI is InChI=1S/C25H40N4O2/c1-18(30)27-22-12-16-29(17-13-22)25(31)24-23-5-3-2-4-20(23)7-9-21(28-24)8-6-19-10-14-26-15-11-19/h19,21-22,26H,2-17H2,1H3,(H,27,30). The zero-order chi connectivity index (χ0) is 21.6. The first kappa shape index (κ1) is 22.5. The Morgan fingerprint density at radius 2 is 1.74 bits per heavy atom. The number of carbonyl (C=O) groups is 2. The second-order valence-corrected chi connectivity index (χ2v) is 10.00. The van der Waals surface area contributed by atoms with Gasteiger partial charge in [0.1, 0.15) is 5.71 Å². The molecule has 2 saturated heterocycles. The van der Waals surface area contributed by atoms with Crippen molar-refractivity contribution in [3.8, 4) is 0 Å². The van der Waals surface area contributed by atoms with Crippen LogP contribution in [0, 0.1) is 5.92 Å². The summed E-state index contributed by atoms with van der Waals surface area (Å²) in [4.78, 5) is 32.1. The van der Waals surface area contributed by atoms with Gasteiger partial charge in [-0.15, -0.1) is 0 Å². The fourth-order valence-corrected chi connectivity index (χ4v) is 5.85. The maximum absolute atomic E-state index is 13.6. The van der Waals surface area contributed by atoms with Gasteiger partial charge in [-0.05, 0) is 102 Å². The molecule has 6 nitrogen and oxygen atoms in total. The molecule has 3 heterocycles. The molecule has 0 aromatic carbocycles. The maximum atomic E-state index is 13.6. The molecule has 3 aliphatic heterocycles. The molecular formula is C25H40N4O2. The lowest BCUT2D eigenvalue weighted by atomic mass is 9.86. The summed E-state index contributed by atoms with van der Waals surface area (Å²) < 4.78 is 0. The quantitative estimate of drug-likeness (QED) is 0.705. The van der Waals surface area contributed by atoms with E-state index in [1.54, 1.807) is 6.92 Å². The zero-order valence-corrected chi connectivity index (χ0v) is 19.3. The Balaban J connectivity index is 1.44. The molecule has 1 atom stereocenters. The molecule has 1 aliphatic carbocycles. The number of piperidine rings is 2. The summed E-state index contributed by atoms with van der Waals surface area (Å²) in [5, 5.41) is 6.47. The molecule has 0 bridgehead atoms. The smallest absolute Gasteiger partial charge is 0.272 e. The molecule has 1 unspecified atom stereocenters. The number of likely N-dealkylation sites (tertiary alicyclic amines) is 1. The molecule has 0 aromatic rings. The molecule has 0 aromatic heterocycles. The van der Waals surface area contributed by atoms with E-state index in [2.05, 4.69) is 10.6 Å². The van der Waals surface area contributed by atoms with Crippen molar-refractivity contribution in [2.75, 3.05) is 26.2 Å².